The summed E-state index contributed by atoms with van der Waals surface area (Å²) in [5, 5.41) is 6.95. The summed E-state index contributed by atoms with van der Waals surface area (Å²) < 4.78 is 5.92. The SMILES string of the molecule is CCNC(=NCc1ncc(-c2ccc(C)cc2)o1)NC1CCN(Cc2ccccc2)CC1.I. The van der Waals surface area contributed by atoms with Gasteiger partial charge in [0, 0.05) is 37.8 Å². The summed E-state index contributed by atoms with van der Waals surface area (Å²) in [7, 11) is 0. The van der Waals surface area contributed by atoms with Gasteiger partial charge in [-0.2, -0.15) is 0 Å². The Morgan fingerprint density at radius 1 is 1.09 bits per heavy atom. The molecule has 1 aromatic heterocycles. The molecule has 6 nitrogen and oxygen atoms in total. The standard InChI is InChI=1S/C26H33N5O.HI/c1-3-27-26(29-18-25-28-17-24(32-25)22-11-9-20(2)10-12-22)30-23-13-15-31(16-14-23)19-21-7-5-4-6-8-21;/h4-12,17,23H,3,13-16,18-19H2,1-2H3,(H2,27,29,30);1H. The van der Waals surface area contributed by atoms with E-state index in [1.165, 1.54) is 11.1 Å². The highest BCUT2D eigenvalue weighted by Gasteiger charge is 2.20. The number of benzene rings is 2. The molecule has 0 atom stereocenters. The number of hydrogen-bond acceptors (Lipinski definition) is 4. The van der Waals surface area contributed by atoms with Crippen molar-refractivity contribution in [3.63, 3.8) is 0 Å². The monoisotopic (exact) mass is 559 g/mol. The lowest BCUT2D eigenvalue weighted by Gasteiger charge is -2.33. The molecule has 0 saturated carbocycles. The fraction of sp³-hybridized carbons (Fsp3) is 0.385. The Morgan fingerprint density at radius 2 is 1.82 bits per heavy atom. The van der Waals surface area contributed by atoms with Crippen molar-refractivity contribution in [2.24, 2.45) is 4.99 Å². The Morgan fingerprint density at radius 3 is 2.52 bits per heavy atom. The van der Waals surface area contributed by atoms with Crippen molar-refractivity contribution in [2.45, 2.75) is 45.8 Å². The van der Waals surface area contributed by atoms with E-state index in [-0.39, 0.29) is 24.0 Å². The van der Waals surface area contributed by atoms with Crippen molar-refractivity contribution < 1.29 is 4.42 Å². The molecule has 1 saturated heterocycles. The van der Waals surface area contributed by atoms with Crippen LogP contribution in [0.4, 0.5) is 0 Å². The topological polar surface area (TPSA) is 65.7 Å². The van der Waals surface area contributed by atoms with Gasteiger partial charge in [0.1, 0.15) is 6.54 Å². The van der Waals surface area contributed by atoms with Crippen LogP contribution >= 0.6 is 24.0 Å². The Bertz CT molecular complexity index is 995. The van der Waals surface area contributed by atoms with E-state index in [0.717, 1.165) is 56.3 Å². The lowest BCUT2D eigenvalue weighted by Crippen LogP contribution is -2.48. The van der Waals surface area contributed by atoms with Crippen LogP contribution in [0.1, 0.15) is 36.8 Å². The minimum Gasteiger partial charge on any atom is -0.439 e. The van der Waals surface area contributed by atoms with Gasteiger partial charge < -0.3 is 15.1 Å². The zero-order valence-electron chi connectivity index (χ0n) is 19.5. The number of piperidine rings is 1. The third kappa shape index (κ3) is 7.57. The number of likely N-dealkylation sites (tertiary alicyclic amines) is 1. The first-order chi connectivity index (χ1) is 15.7. The average Bonchev–Trinajstić information content (AvgIpc) is 3.29. The van der Waals surface area contributed by atoms with E-state index in [0.29, 0.717) is 18.5 Å². The van der Waals surface area contributed by atoms with Crippen LogP contribution in [-0.2, 0) is 13.1 Å². The molecule has 0 radical (unpaired) electrons. The Hall–Kier alpha value is -2.39. The first-order valence-corrected chi connectivity index (χ1v) is 11.5. The molecule has 3 aromatic rings. The smallest absolute Gasteiger partial charge is 0.216 e. The van der Waals surface area contributed by atoms with Crippen LogP contribution in [0.5, 0.6) is 0 Å². The minimum atomic E-state index is 0. The zero-order valence-corrected chi connectivity index (χ0v) is 21.8. The van der Waals surface area contributed by atoms with Crippen molar-refractivity contribution in [1.29, 1.82) is 0 Å². The van der Waals surface area contributed by atoms with E-state index >= 15 is 0 Å². The molecule has 1 fully saturated rings. The highest BCUT2D eigenvalue weighted by atomic mass is 127. The summed E-state index contributed by atoms with van der Waals surface area (Å²) in [4.78, 5) is 11.6. The molecule has 2 aromatic carbocycles. The molecule has 0 amide bonds. The second-order valence-electron chi connectivity index (χ2n) is 8.36. The van der Waals surface area contributed by atoms with E-state index in [1.807, 2.05) is 0 Å². The molecule has 1 aliphatic heterocycles. The quantitative estimate of drug-likeness (QED) is 0.243. The second-order valence-corrected chi connectivity index (χ2v) is 8.36. The van der Waals surface area contributed by atoms with Crippen LogP contribution in [0.3, 0.4) is 0 Å². The molecule has 2 N–H and O–H groups in total. The lowest BCUT2D eigenvalue weighted by molar-refractivity contribution is 0.198. The maximum absolute atomic E-state index is 5.92. The Labute approximate surface area is 213 Å². The van der Waals surface area contributed by atoms with Crippen molar-refractivity contribution in [1.82, 2.24) is 20.5 Å². The van der Waals surface area contributed by atoms with E-state index < -0.39 is 0 Å². The number of aliphatic imine (C=N–C) groups is 1. The number of hydrogen-bond donors (Lipinski definition) is 2. The van der Waals surface area contributed by atoms with Crippen LogP contribution in [0.2, 0.25) is 0 Å². The Kier molecular flexibility index (Phi) is 9.75. The van der Waals surface area contributed by atoms with Crippen LogP contribution in [0.25, 0.3) is 11.3 Å². The van der Waals surface area contributed by atoms with Crippen LogP contribution in [-0.4, -0.2) is 41.5 Å². The van der Waals surface area contributed by atoms with E-state index in [1.54, 1.807) is 6.20 Å². The Balaban J connectivity index is 0.00000306. The summed E-state index contributed by atoms with van der Waals surface area (Å²) in [6.07, 6.45) is 3.99. The zero-order chi connectivity index (χ0) is 22.2. The van der Waals surface area contributed by atoms with E-state index in [9.17, 15) is 0 Å². The molecule has 0 spiro atoms. The third-order valence-electron chi connectivity index (χ3n) is 5.78. The molecule has 0 aliphatic carbocycles. The average molecular weight is 559 g/mol. The second kappa shape index (κ2) is 12.7. The number of nitrogens with zero attached hydrogens (tertiary/aromatic N) is 3. The fourth-order valence-corrected chi connectivity index (χ4v) is 3.97. The molecule has 1 aliphatic rings. The number of rotatable bonds is 7. The number of halogens is 1. The molecule has 0 bridgehead atoms. The van der Waals surface area contributed by atoms with Gasteiger partial charge in [0.2, 0.25) is 5.89 Å². The van der Waals surface area contributed by atoms with E-state index in [2.05, 4.69) is 89.0 Å². The summed E-state index contributed by atoms with van der Waals surface area (Å²) in [5.74, 6) is 2.22. The summed E-state index contributed by atoms with van der Waals surface area (Å²) in [6, 6.07) is 19.4. The maximum atomic E-state index is 5.92. The molecular formula is C26H34IN5O. The first-order valence-electron chi connectivity index (χ1n) is 11.5. The van der Waals surface area contributed by atoms with Crippen LogP contribution in [0, 0.1) is 6.92 Å². The summed E-state index contributed by atoms with van der Waals surface area (Å²) in [5.41, 5.74) is 3.64. The molecule has 7 heteroatoms. The van der Waals surface area contributed by atoms with Gasteiger partial charge in [0.25, 0.3) is 0 Å². The van der Waals surface area contributed by atoms with Gasteiger partial charge in [0.15, 0.2) is 11.7 Å². The van der Waals surface area contributed by atoms with Gasteiger partial charge in [-0.25, -0.2) is 9.98 Å². The highest BCUT2D eigenvalue weighted by molar-refractivity contribution is 14.0. The lowest BCUT2D eigenvalue weighted by atomic mass is 10.0. The molecule has 2 heterocycles. The van der Waals surface area contributed by atoms with Crippen molar-refractivity contribution >= 4 is 29.9 Å². The predicted molar refractivity (Wildman–Crippen MR) is 145 cm³/mol. The largest absolute Gasteiger partial charge is 0.439 e. The summed E-state index contributed by atoms with van der Waals surface area (Å²) in [6.45, 7) is 8.59. The fourth-order valence-electron chi connectivity index (χ4n) is 3.97. The minimum absolute atomic E-state index is 0. The van der Waals surface area contributed by atoms with Crippen LogP contribution in [0.15, 0.2) is 70.2 Å². The number of aryl methyl sites for hydroxylation is 1. The number of oxazole rings is 1. The number of aromatic nitrogens is 1. The van der Waals surface area contributed by atoms with Gasteiger partial charge in [-0.3, -0.25) is 4.90 Å². The molecule has 176 valence electrons. The van der Waals surface area contributed by atoms with Gasteiger partial charge in [0.05, 0.1) is 6.20 Å². The third-order valence-corrected chi connectivity index (χ3v) is 5.78. The molecule has 33 heavy (non-hydrogen) atoms. The van der Waals surface area contributed by atoms with E-state index in [4.69, 9.17) is 9.41 Å². The van der Waals surface area contributed by atoms with Crippen molar-refractivity contribution in [3.8, 4) is 11.3 Å². The number of nitrogens with one attached hydrogen (secondary N) is 2. The first kappa shape index (κ1) is 25.2. The van der Waals surface area contributed by atoms with Gasteiger partial charge in [-0.1, -0.05) is 60.2 Å². The number of guanidine groups is 1. The molecule has 0 unspecified atom stereocenters. The maximum Gasteiger partial charge on any atom is 0.216 e. The van der Waals surface area contributed by atoms with Crippen LogP contribution < -0.4 is 10.6 Å². The normalized spacial score (nSPS) is 15.2. The summed E-state index contributed by atoms with van der Waals surface area (Å²) >= 11 is 0. The van der Waals surface area contributed by atoms with Gasteiger partial charge in [-0.05, 0) is 32.3 Å². The highest BCUT2D eigenvalue weighted by Crippen LogP contribution is 2.21. The van der Waals surface area contributed by atoms with Crippen molar-refractivity contribution in [3.05, 3.63) is 77.8 Å². The van der Waals surface area contributed by atoms with Gasteiger partial charge in [-0.15, -0.1) is 24.0 Å². The molecular weight excluding hydrogens is 525 g/mol. The molecule has 4 rings (SSSR count). The van der Waals surface area contributed by atoms with Crippen molar-refractivity contribution in [2.75, 3.05) is 19.6 Å². The predicted octanol–water partition coefficient (Wildman–Crippen LogP) is 4.99. The van der Waals surface area contributed by atoms with Gasteiger partial charge >= 0.3 is 0 Å².